The first-order valence-corrected chi connectivity index (χ1v) is 10.1. The average molecular weight is 405 g/mol. The lowest BCUT2D eigenvalue weighted by Crippen LogP contribution is -2.43. The smallest absolute Gasteiger partial charge is 0.327 e. The van der Waals surface area contributed by atoms with Gasteiger partial charge in [0.2, 0.25) is 5.91 Å². The van der Waals surface area contributed by atoms with Crippen molar-refractivity contribution in [1.29, 1.82) is 0 Å². The van der Waals surface area contributed by atoms with Gasteiger partial charge in [0, 0.05) is 5.75 Å². The Morgan fingerprint density at radius 3 is 2.50 bits per heavy atom. The van der Waals surface area contributed by atoms with E-state index in [0.717, 1.165) is 20.1 Å². The fraction of sp³-hybridized carbons (Fsp3) is 0.167. The molecule has 2 atom stereocenters. The lowest BCUT2D eigenvalue weighted by Gasteiger charge is -2.18. The van der Waals surface area contributed by atoms with Crippen molar-refractivity contribution in [2.24, 2.45) is 0 Å². The highest BCUT2D eigenvalue weighted by atomic mass is 32.2. The molecule has 2 unspecified atom stereocenters. The zero-order valence-electron chi connectivity index (χ0n) is 13.5. The van der Waals surface area contributed by atoms with Crippen molar-refractivity contribution in [1.82, 2.24) is 10.3 Å². The summed E-state index contributed by atoms with van der Waals surface area (Å²) in [5.41, 5.74) is 1.67. The monoisotopic (exact) mass is 404 g/mol. The van der Waals surface area contributed by atoms with Gasteiger partial charge in [-0.3, -0.25) is 4.79 Å². The molecule has 0 aliphatic carbocycles. The van der Waals surface area contributed by atoms with Crippen molar-refractivity contribution in [2.75, 3.05) is 5.75 Å². The first kappa shape index (κ1) is 18.8. The molecule has 0 fully saturated rings. The number of thiazole rings is 1. The van der Waals surface area contributed by atoms with Crippen LogP contribution in [0, 0.1) is 0 Å². The van der Waals surface area contributed by atoms with Crippen LogP contribution in [0.15, 0.2) is 58.9 Å². The SMILES string of the molecule is O=C(O)C(CS)NC(=O)C(Sc1nc2ccccc2s1)c1ccccc1. The average Bonchev–Trinajstić information content (AvgIpc) is 3.07. The minimum Gasteiger partial charge on any atom is -0.480 e. The number of hydrogen-bond acceptors (Lipinski definition) is 6. The Bertz CT molecular complexity index is 881. The number of carboxylic acids is 1. The molecule has 1 aromatic heterocycles. The Hall–Kier alpha value is -2.03. The summed E-state index contributed by atoms with van der Waals surface area (Å²) in [7, 11) is 0. The molecular weight excluding hydrogens is 388 g/mol. The predicted octanol–water partition coefficient (Wildman–Crippen LogP) is 3.63. The third-order valence-corrected chi connectivity index (χ3v) is 6.38. The van der Waals surface area contributed by atoms with E-state index in [1.54, 1.807) is 0 Å². The van der Waals surface area contributed by atoms with Gasteiger partial charge in [-0.2, -0.15) is 12.6 Å². The molecule has 0 saturated carbocycles. The Morgan fingerprint density at radius 1 is 1.15 bits per heavy atom. The number of benzene rings is 2. The molecule has 0 aliphatic rings. The number of thiol groups is 1. The van der Waals surface area contributed by atoms with Gasteiger partial charge in [-0.15, -0.1) is 11.3 Å². The number of para-hydroxylation sites is 1. The van der Waals surface area contributed by atoms with E-state index in [9.17, 15) is 14.7 Å². The Labute approximate surface area is 164 Å². The number of carboxylic acid groups (broad SMARTS) is 1. The molecule has 5 nitrogen and oxygen atoms in total. The number of amides is 1. The van der Waals surface area contributed by atoms with Gasteiger partial charge in [0.25, 0.3) is 0 Å². The van der Waals surface area contributed by atoms with Gasteiger partial charge >= 0.3 is 5.97 Å². The molecule has 26 heavy (non-hydrogen) atoms. The second kappa shape index (κ2) is 8.57. The summed E-state index contributed by atoms with van der Waals surface area (Å²) in [5.74, 6) is -1.46. The van der Waals surface area contributed by atoms with Crippen molar-refractivity contribution >= 4 is 57.8 Å². The first-order chi connectivity index (χ1) is 12.6. The summed E-state index contributed by atoms with van der Waals surface area (Å²) in [6.45, 7) is 0. The third-order valence-electron chi connectivity index (χ3n) is 3.63. The molecule has 3 rings (SSSR count). The van der Waals surface area contributed by atoms with Crippen LogP contribution in [0.3, 0.4) is 0 Å². The van der Waals surface area contributed by atoms with Gasteiger partial charge in [-0.1, -0.05) is 54.2 Å². The zero-order valence-corrected chi connectivity index (χ0v) is 16.1. The third kappa shape index (κ3) is 4.38. The lowest BCUT2D eigenvalue weighted by atomic mass is 10.1. The number of hydrogen-bond donors (Lipinski definition) is 3. The number of nitrogens with zero attached hydrogens (tertiary/aromatic N) is 1. The molecule has 134 valence electrons. The molecule has 0 saturated heterocycles. The van der Waals surface area contributed by atoms with Crippen LogP contribution in [0.5, 0.6) is 0 Å². The number of aromatic nitrogens is 1. The van der Waals surface area contributed by atoms with Crippen LogP contribution in [0.2, 0.25) is 0 Å². The van der Waals surface area contributed by atoms with E-state index >= 15 is 0 Å². The maximum Gasteiger partial charge on any atom is 0.327 e. The van der Waals surface area contributed by atoms with Crippen LogP contribution in [0.1, 0.15) is 10.8 Å². The maximum absolute atomic E-state index is 12.8. The minimum atomic E-state index is -1.11. The van der Waals surface area contributed by atoms with E-state index in [2.05, 4.69) is 22.9 Å². The highest BCUT2D eigenvalue weighted by Crippen LogP contribution is 2.39. The van der Waals surface area contributed by atoms with Gasteiger partial charge in [0.05, 0.1) is 10.2 Å². The predicted molar refractivity (Wildman–Crippen MR) is 108 cm³/mol. The van der Waals surface area contributed by atoms with Crippen LogP contribution in [-0.2, 0) is 9.59 Å². The summed E-state index contributed by atoms with van der Waals surface area (Å²) in [6, 6.07) is 16.0. The maximum atomic E-state index is 12.8. The number of rotatable bonds is 7. The van der Waals surface area contributed by atoms with Gasteiger partial charge in [0.15, 0.2) is 4.34 Å². The van der Waals surface area contributed by atoms with Gasteiger partial charge < -0.3 is 10.4 Å². The van der Waals surface area contributed by atoms with Crippen molar-refractivity contribution < 1.29 is 14.7 Å². The Kier molecular flexibility index (Phi) is 6.18. The lowest BCUT2D eigenvalue weighted by molar-refractivity contribution is -0.141. The van der Waals surface area contributed by atoms with Crippen LogP contribution in [0.4, 0.5) is 0 Å². The molecule has 2 N–H and O–H groups in total. The zero-order chi connectivity index (χ0) is 18.5. The highest BCUT2D eigenvalue weighted by Gasteiger charge is 2.27. The normalized spacial score (nSPS) is 13.3. The number of aliphatic carboxylic acids is 1. The van der Waals surface area contributed by atoms with E-state index in [4.69, 9.17) is 0 Å². The van der Waals surface area contributed by atoms with E-state index in [1.165, 1.54) is 23.1 Å². The summed E-state index contributed by atoms with van der Waals surface area (Å²) in [6.07, 6.45) is 0. The second-order valence-electron chi connectivity index (χ2n) is 5.44. The quantitative estimate of drug-likeness (QED) is 0.414. The molecule has 1 heterocycles. The van der Waals surface area contributed by atoms with E-state index in [0.29, 0.717) is 0 Å². The molecule has 3 aromatic rings. The van der Waals surface area contributed by atoms with Gasteiger partial charge in [-0.25, -0.2) is 9.78 Å². The molecular formula is C18H16N2O3S3. The topological polar surface area (TPSA) is 79.3 Å². The van der Waals surface area contributed by atoms with Crippen molar-refractivity contribution in [3.05, 3.63) is 60.2 Å². The fourth-order valence-electron chi connectivity index (χ4n) is 2.34. The molecule has 2 aromatic carbocycles. The van der Waals surface area contributed by atoms with Crippen LogP contribution < -0.4 is 5.32 Å². The van der Waals surface area contributed by atoms with Crippen LogP contribution in [-0.4, -0.2) is 33.8 Å². The largest absolute Gasteiger partial charge is 0.480 e. The molecule has 0 aliphatic heterocycles. The Morgan fingerprint density at radius 2 is 1.85 bits per heavy atom. The summed E-state index contributed by atoms with van der Waals surface area (Å²) in [5, 5.41) is 11.1. The molecule has 0 spiro atoms. The molecule has 0 bridgehead atoms. The van der Waals surface area contributed by atoms with Crippen molar-refractivity contribution in [2.45, 2.75) is 15.6 Å². The van der Waals surface area contributed by atoms with Crippen molar-refractivity contribution in [3.63, 3.8) is 0 Å². The fourth-order valence-corrected chi connectivity index (χ4v) is 4.85. The van der Waals surface area contributed by atoms with E-state index < -0.39 is 17.3 Å². The van der Waals surface area contributed by atoms with Gasteiger partial charge in [0.1, 0.15) is 11.3 Å². The van der Waals surface area contributed by atoms with Crippen molar-refractivity contribution in [3.8, 4) is 0 Å². The van der Waals surface area contributed by atoms with E-state index in [-0.39, 0.29) is 11.7 Å². The van der Waals surface area contributed by atoms with Gasteiger partial charge in [-0.05, 0) is 17.7 Å². The summed E-state index contributed by atoms with van der Waals surface area (Å²) >= 11 is 6.83. The molecule has 0 radical (unpaired) electrons. The van der Waals surface area contributed by atoms with E-state index in [1.807, 2.05) is 54.6 Å². The number of carbonyl (C=O) groups excluding carboxylic acids is 1. The minimum absolute atomic E-state index is 0.0222. The number of nitrogens with one attached hydrogen (secondary N) is 1. The number of fused-ring (bicyclic) bond motifs is 1. The summed E-state index contributed by atoms with van der Waals surface area (Å²) < 4.78 is 1.80. The first-order valence-electron chi connectivity index (χ1n) is 7.79. The van der Waals surface area contributed by atoms with Crippen LogP contribution in [0.25, 0.3) is 10.2 Å². The highest BCUT2D eigenvalue weighted by molar-refractivity contribution is 8.02. The number of carbonyl (C=O) groups is 2. The molecule has 8 heteroatoms. The number of thioether (sulfide) groups is 1. The van der Waals surface area contributed by atoms with Crippen LogP contribution >= 0.6 is 35.7 Å². The second-order valence-corrected chi connectivity index (χ2v) is 8.19. The standard InChI is InChI=1S/C18H16N2O3S3/c21-16(19-13(10-24)17(22)23)15(11-6-2-1-3-7-11)26-18-20-12-8-4-5-9-14(12)25-18/h1-9,13,15,24H,10H2,(H,19,21)(H,22,23). The summed E-state index contributed by atoms with van der Waals surface area (Å²) in [4.78, 5) is 28.6. The molecule has 1 amide bonds. The Balaban J connectivity index is 1.88.